The first-order chi connectivity index (χ1) is 17.5. The van der Waals surface area contributed by atoms with Gasteiger partial charge in [0.15, 0.2) is 4.77 Å². The van der Waals surface area contributed by atoms with Crippen LogP contribution in [0.5, 0.6) is 0 Å². The zero-order valence-electron chi connectivity index (χ0n) is 19.1. The number of benzene rings is 3. The molecule has 0 aliphatic heterocycles. The van der Waals surface area contributed by atoms with Crippen molar-refractivity contribution in [2.24, 2.45) is 0 Å². The van der Waals surface area contributed by atoms with Crippen LogP contribution in [0, 0.1) is 10.6 Å². The summed E-state index contributed by atoms with van der Waals surface area (Å²) >= 11 is 5.33. The monoisotopic (exact) mass is 499 g/mol. The van der Waals surface area contributed by atoms with Gasteiger partial charge in [0.2, 0.25) is 5.91 Å². The molecule has 9 heteroatoms. The van der Waals surface area contributed by atoms with E-state index in [0.717, 1.165) is 16.8 Å². The molecule has 0 fully saturated rings. The Bertz CT molecular complexity index is 1660. The van der Waals surface area contributed by atoms with Crippen LogP contribution in [-0.2, 0) is 17.9 Å². The fourth-order valence-corrected chi connectivity index (χ4v) is 4.28. The topological polar surface area (TPSA) is 84.7 Å². The number of carbonyl (C=O) groups is 1. The van der Waals surface area contributed by atoms with Crippen molar-refractivity contribution in [2.45, 2.75) is 19.5 Å². The summed E-state index contributed by atoms with van der Waals surface area (Å²) in [7, 11) is 0. The van der Waals surface area contributed by atoms with E-state index in [1.165, 1.54) is 16.7 Å². The summed E-state index contributed by atoms with van der Waals surface area (Å²) in [5, 5.41) is 8.11. The number of H-pyrrole nitrogens is 1. The highest BCUT2D eigenvalue weighted by Crippen LogP contribution is 2.24. The molecule has 36 heavy (non-hydrogen) atoms. The van der Waals surface area contributed by atoms with E-state index in [9.17, 15) is 14.0 Å². The first-order valence-electron chi connectivity index (χ1n) is 11.4. The lowest BCUT2D eigenvalue weighted by Crippen LogP contribution is -2.28. The minimum atomic E-state index is -0.335. The van der Waals surface area contributed by atoms with Crippen LogP contribution in [0.2, 0.25) is 0 Å². The largest absolute Gasteiger partial charge is 0.352 e. The summed E-state index contributed by atoms with van der Waals surface area (Å²) in [4.78, 5) is 28.5. The number of fused-ring (bicyclic) bond motifs is 1. The summed E-state index contributed by atoms with van der Waals surface area (Å²) in [6, 6.07) is 22.8. The standard InChI is InChI=1S/C27H22FN5O2S/c28-20-12-10-18(11-13-20)25-19(17-33(31-25)21-6-2-1-3-7-21)16-29-24(34)14-15-32-26(35)22-8-4-5-9-23(22)30-27(32)36/h1-13,17H,14-16H2,(H,29,34)(H,30,36). The van der Waals surface area contributed by atoms with Gasteiger partial charge >= 0.3 is 0 Å². The second-order valence-corrected chi connectivity index (χ2v) is 8.64. The maximum absolute atomic E-state index is 13.5. The van der Waals surface area contributed by atoms with Gasteiger partial charge in [0.1, 0.15) is 5.82 Å². The molecule has 0 saturated heterocycles. The Morgan fingerprint density at radius 3 is 2.50 bits per heavy atom. The molecule has 2 aromatic heterocycles. The molecule has 7 nitrogen and oxygen atoms in total. The Balaban J connectivity index is 1.34. The number of nitrogens with one attached hydrogen (secondary N) is 2. The highest BCUT2D eigenvalue weighted by atomic mass is 32.1. The summed E-state index contributed by atoms with van der Waals surface area (Å²) < 4.78 is 16.9. The van der Waals surface area contributed by atoms with Crippen molar-refractivity contribution in [3.05, 3.63) is 112 Å². The summed E-state index contributed by atoms with van der Waals surface area (Å²) in [5.41, 5.74) is 3.46. The van der Waals surface area contributed by atoms with Crippen LogP contribution in [0.4, 0.5) is 4.39 Å². The van der Waals surface area contributed by atoms with Crippen LogP contribution < -0.4 is 10.9 Å². The van der Waals surface area contributed by atoms with Gasteiger partial charge in [0.25, 0.3) is 5.56 Å². The zero-order chi connectivity index (χ0) is 25.1. The molecule has 180 valence electrons. The van der Waals surface area contributed by atoms with E-state index in [0.29, 0.717) is 16.6 Å². The lowest BCUT2D eigenvalue weighted by molar-refractivity contribution is -0.121. The van der Waals surface area contributed by atoms with E-state index in [1.807, 2.05) is 42.6 Å². The lowest BCUT2D eigenvalue weighted by Gasteiger charge is -2.09. The highest BCUT2D eigenvalue weighted by Gasteiger charge is 2.14. The minimum Gasteiger partial charge on any atom is -0.352 e. The molecule has 0 spiro atoms. The number of rotatable bonds is 7. The van der Waals surface area contributed by atoms with Crippen molar-refractivity contribution in [1.82, 2.24) is 24.6 Å². The first kappa shape index (κ1) is 23.4. The Morgan fingerprint density at radius 1 is 1.00 bits per heavy atom. The van der Waals surface area contributed by atoms with E-state index in [-0.39, 0.29) is 41.6 Å². The van der Waals surface area contributed by atoms with Gasteiger partial charge in [-0.25, -0.2) is 9.07 Å². The van der Waals surface area contributed by atoms with Crippen LogP contribution in [-0.4, -0.2) is 25.2 Å². The third-order valence-corrected chi connectivity index (χ3v) is 6.18. The van der Waals surface area contributed by atoms with Crippen LogP contribution in [0.15, 0.2) is 89.9 Å². The molecular weight excluding hydrogens is 477 g/mol. The summed E-state index contributed by atoms with van der Waals surface area (Å²) in [5.74, 6) is -0.569. The number of nitrogens with zero attached hydrogens (tertiary/aromatic N) is 3. The number of hydrogen-bond acceptors (Lipinski definition) is 4. The number of aromatic amines is 1. The molecule has 0 unspecified atom stereocenters. The second kappa shape index (κ2) is 10.1. The SMILES string of the molecule is O=C(CCn1c(=S)[nH]c2ccccc2c1=O)NCc1cn(-c2ccccc2)nc1-c1ccc(F)cc1. The minimum absolute atomic E-state index is 0.0778. The number of aromatic nitrogens is 4. The third-order valence-electron chi connectivity index (χ3n) is 5.86. The maximum atomic E-state index is 13.5. The Kier molecular flexibility index (Phi) is 6.55. The molecule has 5 rings (SSSR count). The van der Waals surface area contributed by atoms with Gasteiger partial charge in [0.05, 0.1) is 22.3 Å². The highest BCUT2D eigenvalue weighted by molar-refractivity contribution is 7.71. The number of carbonyl (C=O) groups excluding carboxylic acids is 1. The van der Waals surface area contributed by atoms with Gasteiger partial charge in [-0.1, -0.05) is 30.3 Å². The Labute approximate surface area is 210 Å². The van der Waals surface area contributed by atoms with E-state index in [4.69, 9.17) is 12.2 Å². The third kappa shape index (κ3) is 4.87. The molecule has 2 N–H and O–H groups in total. The van der Waals surface area contributed by atoms with Crippen molar-refractivity contribution >= 4 is 29.0 Å². The molecule has 0 atom stereocenters. The molecule has 0 radical (unpaired) electrons. The predicted molar refractivity (Wildman–Crippen MR) is 139 cm³/mol. The number of para-hydroxylation sites is 2. The second-order valence-electron chi connectivity index (χ2n) is 8.25. The van der Waals surface area contributed by atoms with Gasteiger partial charge in [0, 0.05) is 36.8 Å². The van der Waals surface area contributed by atoms with Gasteiger partial charge in [-0.05, 0) is 60.7 Å². The van der Waals surface area contributed by atoms with Crippen molar-refractivity contribution in [1.29, 1.82) is 0 Å². The number of halogens is 1. The fraction of sp³-hybridized carbons (Fsp3) is 0.111. The summed E-state index contributed by atoms with van der Waals surface area (Å²) in [6.07, 6.45) is 1.92. The van der Waals surface area contributed by atoms with Crippen molar-refractivity contribution in [3.8, 4) is 16.9 Å². The van der Waals surface area contributed by atoms with Gasteiger partial charge in [-0.15, -0.1) is 0 Å². The average molecular weight is 500 g/mol. The van der Waals surface area contributed by atoms with E-state index in [1.54, 1.807) is 35.0 Å². The van der Waals surface area contributed by atoms with Crippen LogP contribution >= 0.6 is 12.2 Å². The lowest BCUT2D eigenvalue weighted by atomic mass is 10.1. The Hall–Kier alpha value is -4.37. The van der Waals surface area contributed by atoms with E-state index in [2.05, 4.69) is 15.4 Å². The van der Waals surface area contributed by atoms with E-state index >= 15 is 0 Å². The van der Waals surface area contributed by atoms with Crippen molar-refractivity contribution in [3.63, 3.8) is 0 Å². The molecular formula is C27H22FN5O2S. The predicted octanol–water partition coefficient (Wildman–Crippen LogP) is 4.76. The average Bonchev–Trinajstić information content (AvgIpc) is 3.32. The molecule has 0 saturated carbocycles. The van der Waals surface area contributed by atoms with Gasteiger partial charge in [-0.3, -0.25) is 14.2 Å². The van der Waals surface area contributed by atoms with E-state index < -0.39 is 0 Å². The molecule has 2 heterocycles. The zero-order valence-corrected chi connectivity index (χ0v) is 20.0. The fourth-order valence-electron chi connectivity index (χ4n) is 4.00. The van der Waals surface area contributed by atoms with Crippen molar-refractivity contribution < 1.29 is 9.18 Å². The molecule has 1 amide bonds. The molecule has 0 bridgehead atoms. The molecule has 0 aliphatic rings. The smallest absolute Gasteiger partial charge is 0.262 e. The molecule has 5 aromatic rings. The normalized spacial score (nSPS) is 11.0. The quantitative estimate of drug-likeness (QED) is 0.316. The maximum Gasteiger partial charge on any atom is 0.262 e. The van der Waals surface area contributed by atoms with Gasteiger partial charge in [-0.2, -0.15) is 5.10 Å². The summed E-state index contributed by atoms with van der Waals surface area (Å²) in [6.45, 7) is 0.372. The Morgan fingerprint density at radius 2 is 1.72 bits per heavy atom. The first-order valence-corrected chi connectivity index (χ1v) is 11.8. The van der Waals surface area contributed by atoms with Crippen LogP contribution in [0.25, 0.3) is 27.8 Å². The number of amides is 1. The van der Waals surface area contributed by atoms with Crippen LogP contribution in [0.3, 0.4) is 0 Å². The number of hydrogen-bond donors (Lipinski definition) is 2. The molecule has 0 aliphatic carbocycles. The van der Waals surface area contributed by atoms with Crippen LogP contribution in [0.1, 0.15) is 12.0 Å². The molecule has 3 aromatic carbocycles. The van der Waals surface area contributed by atoms with Crippen molar-refractivity contribution in [2.75, 3.05) is 0 Å². The van der Waals surface area contributed by atoms with Gasteiger partial charge < -0.3 is 10.3 Å².